The van der Waals surface area contributed by atoms with Gasteiger partial charge in [0.25, 0.3) is 17.7 Å². The van der Waals surface area contributed by atoms with Crippen LogP contribution in [0.2, 0.25) is 0 Å². The van der Waals surface area contributed by atoms with E-state index in [0.29, 0.717) is 93.4 Å². The van der Waals surface area contributed by atoms with Crippen molar-refractivity contribution in [1.82, 2.24) is 47.9 Å². The Bertz CT molecular complexity index is 4240. The maximum absolute atomic E-state index is 14.7. The smallest absolute Gasteiger partial charge is 0.335 e. The third kappa shape index (κ3) is 10.7. The minimum absolute atomic E-state index is 0.0572. The number of amides is 3. The molecule has 8 aromatic rings. The zero-order valence-corrected chi connectivity index (χ0v) is 50.2. The maximum atomic E-state index is 14.7. The Kier molecular flexibility index (Phi) is 15.2. The number of nitrogens with zero attached hydrogens (tertiary/aromatic N) is 11. The third-order valence-corrected chi connectivity index (χ3v) is 20.4. The van der Waals surface area contributed by atoms with Gasteiger partial charge in [-0.1, -0.05) is 99.2 Å². The van der Waals surface area contributed by atoms with E-state index >= 15 is 0 Å². The van der Waals surface area contributed by atoms with Crippen LogP contribution in [-0.4, -0.2) is 140 Å². The van der Waals surface area contributed by atoms with Crippen molar-refractivity contribution in [3.8, 4) is 22.5 Å². The van der Waals surface area contributed by atoms with Gasteiger partial charge in [0.05, 0.1) is 30.0 Å². The fourth-order valence-electron chi connectivity index (χ4n) is 14.6. The molecule has 19 nitrogen and oxygen atoms in total. The van der Waals surface area contributed by atoms with E-state index in [-0.39, 0.29) is 41.9 Å². The number of aromatic nitrogens is 6. The van der Waals surface area contributed by atoms with E-state index in [1.54, 1.807) is 55.1 Å². The molecule has 88 heavy (non-hydrogen) atoms. The molecule has 3 amide bonds. The maximum Gasteiger partial charge on any atom is 0.335 e. The molecule has 4 aliphatic heterocycles. The molecule has 4 aromatic carbocycles. The van der Waals surface area contributed by atoms with E-state index < -0.39 is 22.1 Å². The lowest BCUT2D eigenvalue weighted by molar-refractivity contribution is -0.128. The standard InChI is InChI=1S/C68H70N12O7S/c1-74(41-44-39-71-68(72-40-44)78-33-29-76(30-34-78)65(83)52-36-48-18-9-11-20-54(48)62-60(46-15-6-3-7-16-46)56-24-22-50(66(84)85)38-58(56)80(62)43-52)88(86,87)73-63(81)49-21-23-55-57(37-49)79-42-51(64(82)75-27-31-77(32-28-75)67-69-25-12-26-70-67)35-47-17-8-10-19-53(47)61(79)59(55)45-13-4-2-5-14-45/h8-12,17-26,35-40,45-46H,2-7,13-16,27-34,41-43H2,1H3,(H,73,81)(H,84,85). The number of benzene rings is 4. The normalized spacial score (nSPS) is 17.6. The largest absolute Gasteiger partial charge is 0.478 e. The first kappa shape index (κ1) is 56.8. The third-order valence-electron chi connectivity index (χ3n) is 19.0. The summed E-state index contributed by atoms with van der Waals surface area (Å²) >= 11 is 0. The van der Waals surface area contributed by atoms with Crippen molar-refractivity contribution in [3.05, 3.63) is 166 Å². The monoisotopic (exact) mass is 1200 g/mol. The summed E-state index contributed by atoms with van der Waals surface area (Å²) in [4.78, 5) is 81.9. The zero-order valence-electron chi connectivity index (χ0n) is 49.4. The molecule has 0 unspecified atom stereocenters. The van der Waals surface area contributed by atoms with Gasteiger partial charge >= 0.3 is 16.2 Å². The average Bonchev–Trinajstić information content (AvgIpc) is 1.70. The van der Waals surface area contributed by atoms with E-state index in [0.717, 1.165) is 111 Å². The van der Waals surface area contributed by atoms with Gasteiger partial charge in [0.15, 0.2) is 0 Å². The quantitative estimate of drug-likeness (QED) is 0.117. The van der Waals surface area contributed by atoms with Gasteiger partial charge in [-0.05, 0) is 102 Å². The van der Waals surface area contributed by atoms with Gasteiger partial charge < -0.3 is 33.8 Å². The Hall–Kier alpha value is -9.01. The number of piperazine rings is 2. The van der Waals surface area contributed by atoms with E-state index in [1.807, 2.05) is 63.2 Å². The number of carbonyl (C=O) groups is 4. The van der Waals surface area contributed by atoms with Gasteiger partial charge in [0.1, 0.15) is 0 Å². The molecule has 450 valence electrons. The van der Waals surface area contributed by atoms with Gasteiger partial charge in [0, 0.05) is 146 Å². The molecule has 2 aliphatic carbocycles. The number of carbonyl (C=O) groups excluding carboxylic acids is 3. The Morgan fingerprint density at radius 1 is 0.568 bits per heavy atom. The molecule has 4 fully saturated rings. The van der Waals surface area contributed by atoms with Crippen LogP contribution >= 0.6 is 0 Å². The number of aromatic carboxylic acids is 1. The Labute approximate surface area is 511 Å². The second kappa shape index (κ2) is 23.6. The van der Waals surface area contributed by atoms with Crippen LogP contribution in [0.3, 0.4) is 0 Å². The fraction of sp³-hybridized carbons (Fsp3) is 0.353. The molecular formula is C68H70N12O7S. The lowest BCUT2D eigenvalue weighted by atomic mass is 9.81. The first-order valence-electron chi connectivity index (χ1n) is 31.0. The van der Waals surface area contributed by atoms with Crippen LogP contribution in [0, 0.1) is 0 Å². The van der Waals surface area contributed by atoms with Crippen molar-refractivity contribution in [2.45, 2.75) is 95.7 Å². The van der Waals surface area contributed by atoms with E-state index in [4.69, 9.17) is 0 Å². The first-order chi connectivity index (χ1) is 42.8. The molecule has 0 bridgehead atoms. The van der Waals surface area contributed by atoms with Crippen molar-refractivity contribution in [2.24, 2.45) is 0 Å². The summed E-state index contributed by atoms with van der Waals surface area (Å²) in [5.74, 6) is -0.224. The molecular weight excluding hydrogens is 1130 g/mol. The number of nitrogens with one attached hydrogen (secondary N) is 1. The predicted octanol–water partition coefficient (Wildman–Crippen LogP) is 9.90. The highest BCUT2D eigenvalue weighted by atomic mass is 32.2. The molecule has 2 N–H and O–H groups in total. The van der Waals surface area contributed by atoms with Crippen LogP contribution in [0.4, 0.5) is 11.9 Å². The summed E-state index contributed by atoms with van der Waals surface area (Å²) in [6.07, 6.45) is 21.7. The molecule has 14 rings (SSSR count). The van der Waals surface area contributed by atoms with Crippen LogP contribution < -0.4 is 14.5 Å². The van der Waals surface area contributed by atoms with Crippen molar-refractivity contribution in [2.75, 3.05) is 69.2 Å². The Morgan fingerprint density at radius 2 is 1.02 bits per heavy atom. The molecule has 4 aromatic heterocycles. The Morgan fingerprint density at radius 3 is 1.51 bits per heavy atom. The number of fused-ring (bicyclic) bond motifs is 10. The minimum Gasteiger partial charge on any atom is -0.478 e. The number of hydrogen-bond acceptors (Lipinski definition) is 12. The molecule has 20 heteroatoms. The molecule has 0 radical (unpaired) electrons. The van der Waals surface area contributed by atoms with Crippen LogP contribution in [0.5, 0.6) is 0 Å². The van der Waals surface area contributed by atoms with Crippen LogP contribution in [-0.2, 0) is 39.4 Å². The number of rotatable bonds is 12. The van der Waals surface area contributed by atoms with Gasteiger partial charge in [-0.3, -0.25) is 14.4 Å². The van der Waals surface area contributed by atoms with Gasteiger partial charge in [-0.2, -0.15) is 12.7 Å². The summed E-state index contributed by atoms with van der Waals surface area (Å²) in [7, 11) is -2.98. The number of carboxylic acids is 1. The summed E-state index contributed by atoms with van der Waals surface area (Å²) in [6, 6.07) is 29.0. The number of carboxylic acid groups (broad SMARTS) is 1. The van der Waals surface area contributed by atoms with E-state index in [1.165, 1.54) is 31.0 Å². The van der Waals surface area contributed by atoms with Gasteiger partial charge in [0.2, 0.25) is 11.9 Å². The SMILES string of the molecule is CN(Cc1cnc(N2CCN(C(=O)C3=Cc4ccccc4-c4c(C5CCCCC5)c5ccc(C(=O)O)cc5n4C3)CC2)nc1)S(=O)(=O)NC(=O)c1ccc2c(C3CCCCC3)c3n(c2c1)CC(C(=O)N1CCN(c2ncccn2)CC1)=Cc1ccccc1-3. The highest BCUT2D eigenvalue weighted by Crippen LogP contribution is 2.49. The summed E-state index contributed by atoms with van der Waals surface area (Å²) in [6.45, 7) is 4.41. The molecule has 8 heterocycles. The van der Waals surface area contributed by atoms with Crippen molar-refractivity contribution >= 4 is 79.8 Å². The average molecular weight is 1200 g/mol. The molecule has 0 spiro atoms. The molecule has 2 saturated heterocycles. The lowest BCUT2D eigenvalue weighted by Crippen LogP contribution is -2.49. The highest BCUT2D eigenvalue weighted by molar-refractivity contribution is 7.87. The minimum atomic E-state index is -4.38. The fourth-order valence-corrected chi connectivity index (χ4v) is 15.4. The summed E-state index contributed by atoms with van der Waals surface area (Å²) < 4.78 is 35.8. The molecule has 0 atom stereocenters. The van der Waals surface area contributed by atoms with Crippen molar-refractivity contribution < 1.29 is 32.7 Å². The van der Waals surface area contributed by atoms with E-state index in [2.05, 4.69) is 63.0 Å². The Balaban J connectivity index is 0.654. The van der Waals surface area contributed by atoms with Gasteiger partial charge in [-0.25, -0.2) is 29.5 Å². The second-order valence-corrected chi connectivity index (χ2v) is 26.1. The first-order valence-corrected chi connectivity index (χ1v) is 32.4. The highest BCUT2D eigenvalue weighted by Gasteiger charge is 2.36. The topological polar surface area (TPSA) is 212 Å². The van der Waals surface area contributed by atoms with Crippen molar-refractivity contribution in [1.29, 1.82) is 0 Å². The van der Waals surface area contributed by atoms with Crippen molar-refractivity contribution in [3.63, 3.8) is 0 Å². The second-order valence-electron chi connectivity index (χ2n) is 24.3. The number of anilines is 2. The van der Waals surface area contributed by atoms with Crippen LogP contribution in [0.25, 0.3) is 56.5 Å². The summed E-state index contributed by atoms with van der Waals surface area (Å²) in [5, 5.41) is 12.1. The zero-order chi connectivity index (χ0) is 60.2. The number of hydrogen-bond donors (Lipinski definition) is 2. The lowest BCUT2D eigenvalue weighted by Gasteiger charge is -2.35. The molecule has 6 aliphatic rings. The molecule has 2 saturated carbocycles. The van der Waals surface area contributed by atoms with Crippen LogP contribution in [0.1, 0.15) is 125 Å². The predicted molar refractivity (Wildman–Crippen MR) is 339 cm³/mol. The van der Waals surface area contributed by atoms with E-state index in [9.17, 15) is 32.7 Å². The van der Waals surface area contributed by atoms with Crippen LogP contribution in [0.15, 0.2) is 127 Å². The van der Waals surface area contributed by atoms with Gasteiger partial charge in [-0.15, -0.1) is 0 Å². The summed E-state index contributed by atoms with van der Waals surface area (Å²) in [5.41, 5.74) is 12.2.